The van der Waals surface area contributed by atoms with Gasteiger partial charge in [-0.25, -0.2) is 0 Å². The van der Waals surface area contributed by atoms with Gasteiger partial charge < -0.3 is 5.11 Å². The second-order valence-corrected chi connectivity index (χ2v) is 9.36. The number of aliphatic hydroxyl groups is 1. The van der Waals surface area contributed by atoms with Gasteiger partial charge in [0.05, 0.1) is 5.92 Å². The molecule has 1 N–H and O–H groups in total. The normalized spacial score (nSPS) is 34.8. The molecule has 4 aliphatic rings. The summed E-state index contributed by atoms with van der Waals surface area (Å²) in [5.41, 5.74) is 1.23. The third kappa shape index (κ3) is 2.30. The number of carbonyl (C=O) groups excluding carboxylic acids is 2. The van der Waals surface area contributed by atoms with E-state index >= 15 is 0 Å². The lowest BCUT2D eigenvalue weighted by molar-refractivity contribution is -0.161. The molecule has 2 aromatic carbocycles. The number of benzene rings is 2. The Morgan fingerprint density at radius 2 is 1.53 bits per heavy atom. The van der Waals surface area contributed by atoms with Crippen molar-refractivity contribution in [2.45, 2.75) is 31.8 Å². The van der Waals surface area contributed by atoms with E-state index in [-0.39, 0.29) is 17.5 Å². The number of fused-ring (bicyclic) bond motifs is 1. The summed E-state index contributed by atoms with van der Waals surface area (Å²) in [5.74, 6) is -1.57. The van der Waals surface area contributed by atoms with E-state index in [1.165, 1.54) is 0 Å². The molecule has 0 aliphatic heterocycles. The van der Waals surface area contributed by atoms with Gasteiger partial charge in [0, 0.05) is 22.8 Å². The quantitative estimate of drug-likeness (QED) is 0.781. The van der Waals surface area contributed by atoms with Gasteiger partial charge in [-0.1, -0.05) is 92.2 Å². The Bertz CT molecular complexity index is 1090. The fourth-order valence-electron chi connectivity index (χ4n) is 6.02. The molecule has 30 heavy (non-hydrogen) atoms. The molecule has 0 amide bonds. The van der Waals surface area contributed by atoms with Crippen molar-refractivity contribution in [3.05, 3.63) is 89.5 Å². The molecule has 6 rings (SSSR count). The summed E-state index contributed by atoms with van der Waals surface area (Å²) in [7, 11) is 0. The summed E-state index contributed by atoms with van der Waals surface area (Å²) in [6, 6.07) is 19.6. The van der Waals surface area contributed by atoms with Crippen molar-refractivity contribution in [1.82, 2.24) is 0 Å². The first-order chi connectivity index (χ1) is 14.3. The van der Waals surface area contributed by atoms with Gasteiger partial charge in [0.15, 0.2) is 11.6 Å². The van der Waals surface area contributed by atoms with Gasteiger partial charge in [-0.3, -0.25) is 9.59 Å². The molecule has 1 fully saturated rings. The number of ketones is 2. The molecule has 2 aromatic rings. The summed E-state index contributed by atoms with van der Waals surface area (Å²) in [6.45, 7) is 5.75. The van der Waals surface area contributed by atoms with Crippen molar-refractivity contribution in [2.75, 3.05) is 0 Å². The molecular weight excluding hydrogens is 372 g/mol. The summed E-state index contributed by atoms with van der Waals surface area (Å²) in [6.07, 6.45) is 4.08. The lowest BCUT2D eigenvalue weighted by Gasteiger charge is -2.57. The minimum absolute atomic E-state index is 0.0203. The Balaban J connectivity index is 1.84. The topological polar surface area (TPSA) is 54.4 Å². The summed E-state index contributed by atoms with van der Waals surface area (Å²) in [4.78, 5) is 27.5. The fraction of sp³-hybridized carbons (Fsp3) is 0.333. The minimum atomic E-state index is -1.54. The van der Waals surface area contributed by atoms with Crippen LogP contribution >= 0.6 is 0 Å². The van der Waals surface area contributed by atoms with Crippen molar-refractivity contribution >= 4 is 17.1 Å². The van der Waals surface area contributed by atoms with Crippen molar-refractivity contribution < 1.29 is 14.7 Å². The second-order valence-electron chi connectivity index (χ2n) is 9.36. The monoisotopic (exact) mass is 398 g/mol. The molecule has 152 valence electrons. The maximum atomic E-state index is 13.9. The Kier molecular flexibility index (Phi) is 4.07. The van der Waals surface area contributed by atoms with Crippen molar-refractivity contribution in [3.8, 4) is 0 Å². The van der Waals surface area contributed by atoms with Crippen molar-refractivity contribution in [1.29, 1.82) is 0 Å². The van der Waals surface area contributed by atoms with Crippen LogP contribution in [0, 0.1) is 23.7 Å². The molecule has 0 spiro atoms. The number of rotatable bonds is 3. The Hall–Kier alpha value is -2.78. The van der Waals surface area contributed by atoms with Crippen LogP contribution in [0.3, 0.4) is 0 Å². The molecule has 1 saturated carbocycles. The molecule has 4 aliphatic carbocycles. The zero-order valence-corrected chi connectivity index (χ0v) is 17.5. The Morgan fingerprint density at radius 1 is 0.933 bits per heavy atom. The van der Waals surface area contributed by atoms with Gasteiger partial charge in [0.25, 0.3) is 0 Å². The third-order valence-corrected chi connectivity index (χ3v) is 7.42. The predicted molar refractivity (Wildman–Crippen MR) is 117 cm³/mol. The first-order valence-corrected chi connectivity index (χ1v) is 10.7. The molecule has 0 unspecified atom stereocenters. The van der Waals surface area contributed by atoms with E-state index in [4.69, 9.17) is 0 Å². The molecule has 0 heterocycles. The number of allylic oxidation sites excluding steroid dienone is 3. The second kappa shape index (κ2) is 6.36. The minimum Gasteiger partial charge on any atom is -0.382 e. The van der Waals surface area contributed by atoms with Crippen LogP contribution in [0.2, 0.25) is 0 Å². The average Bonchev–Trinajstić information content (AvgIpc) is 3.07. The predicted octanol–water partition coefficient (Wildman–Crippen LogP) is 4.37. The number of carbonyl (C=O) groups is 2. The summed E-state index contributed by atoms with van der Waals surface area (Å²) >= 11 is 0. The average molecular weight is 399 g/mol. The van der Waals surface area contributed by atoms with Crippen LogP contribution in [0.1, 0.15) is 31.9 Å². The van der Waals surface area contributed by atoms with E-state index < -0.39 is 28.8 Å². The third-order valence-electron chi connectivity index (χ3n) is 7.42. The van der Waals surface area contributed by atoms with Crippen molar-refractivity contribution in [2.24, 2.45) is 23.7 Å². The largest absolute Gasteiger partial charge is 0.382 e. The highest BCUT2D eigenvalue weighted by atomic mass is 16.3. The standard InChI is InChI=1S/C27H26O3/c1-16(2)19-14-21-23-24(28)20(17-10-6-4-7-11-17)15-27(23,18-12-8-5-9-13-18)22(19)25(29)26(21,3)30/h4-16,21-23,30H,1-3H3/t21-,22-,23-,26+,27+/m0/s1. The molecule has 3 heteroatoms. The molecule has 3 nitrogen and oxygen atoms in total. The fourth-order valence-corrected chi connectivity index (χ4v) is 6.02. The lowest BCUT2D eigenvalue weighted by Crippen LogP contribution is -2.66. The van der Waals surface area contributed by atoms with Gasteiger partial charge in [0.1, 0.15) is 5.60 Å². The molecule has 2 bridgehead atoms. The van der Waals surface area contributed by atoms with E-state index in [1.54, 1.807) is 6.92 Å². The lowest BCUT2D eigenvalue weighted by atomic mass is 9.44. The zero-order chi connectivity index (χ0) is 21.3. The van der Waals surface area contributed by atoms with E-state index in [1.807, 2.05) is 72.8 Å². The number of hydrogen-bond acceptors (Lipinski definition) is 3. The van der Waals surface area contributed by atoms with Crippen molar-refractivity contribution in [3.63, 3.8) is 0 Å². The van der Waals surface area contributed by atoms with Crippen LogP contribution in [-0.4, -0.2) is 22.3 Å². The highest BCUT2D eigenvalue weighted by Gasteiger charge is 2.70. The summed E-state index contributed by atoms with van der Waals surface area (Å²) < 4.78 is 0. The molecule has 0 radical (unpaired) electrons. The van der Waals surface area contributed by atoms with Crippen LogP contribution < -0.4 is 0 Å². The van der Waals surface area contributed by atoms with Gasteiger partial charge in [-0.2, -0.15) is 0 Å². The molecule has 5 atom stereocenters. The number of Topliss-reactive ketones (excluding diaryl/α,β-unsaturated/α-hetero) is 2. The van der Waals surface area contributed by atoms with Crippen LogP contribution in [0.15, 0.2) is 78.4 Å². The summed E-state index contributed by atoms with van der Waals surface area (Å²) in [5, 5.41) is 11.2. The smallest absolute Gasteiger partial charge is 0.173 e. The van der Waals surface area contributed by atoms with E-state index in [0.29, 0.717) is 5.57 Å². The SMILES string of the molecule is CC(C)C1=C[C@H]2[C@H]3C(=O)C(c4ccccc4)=C[C@@]3(c3ccccc3)[C@@H]1C(=O)[C@]2(C)O. The van der Waals surface area contributed by atoms with Crippen LogP contribution in [0.5, 0.6) is 0 Å². The maximum absolute atomic E-state index is 13.9. The van der Waals surface area contributed by atoms with Gasteiger partial charge in [-0.05, 0) is 24.0 Å². The van der Waals surface area contributed by atoms with E-state index in [0.717, 1.165) is 16.7 Å². The maximum Gasteiger partial charge on any atom is 0.173 e. The molecule has 0 aromatic heterocycles. The van der Waals surface area contributed by atoms with E-state index in [9.17, 15) is 14.7 Å². The first kappa shape index (κ1) is 19.2. The van der Waals surface area contributed by atoms with Gasteiger partial charge >= 0.3 is 0 Å². The molecular formula is C27H26O3. The number of hydrogen-bond donors (Lipinski definition) is 1. The highest BCUT2D eigenvalue weighted by molar-refractivity contribution is 6.26. The molecule has 0 saturated heterocycles. The van der Waals surface area contributed by atoms with Crippen LogP contribution in [0.25, 0.3) is 5.57 Å². The Morgan fingerprint density at radius 3 is 2.13 bits per heavy atom. The van der Waals surface area contributed by atoms with E-state index in [2.05, 4.69) is 13.8 Å². The first-order valence-electron chi connectivity index (χ1n) is 10.7. The van der Waals surface area contributed by atoms with Crippen LogP contribution in [0.4, 0.5) is 0 Å². The van der Waals surface area contributed by atoms with Gasteiger partial charge in [-0.15, -0.1) is 0 Å². The Labute approximate surface area is 177 Å². The van der Waals surface area contributed by atoms with Crippen LogP contribution in [-0.2, 0) is 15.0 Å². The highest BCUT2D eigenvalue weighted by Crippen LogP contribution is 2.64. The zero-order valence-electron chi connectivity index (χ0n) is 17.5. The van der Waals surface area contributed by atoms with Gasteiger partial charge in [0.2, 0.25) is 0 Å².